The van der Waals surface area contributed by atoms with Gasteiger partial charge in [0.05, 0.1) is 17.4 Å². The van der Waals surface area contributed by atoms with Gasteiger partial charge in [-0.25, -0.2) is 4.98 Å². The number of hydrogen-bond donors (Lipinski definition) is 2. The summed E-state index contributed by atoms with van der Waals surface area (Å²) in [6.45, 7) is 1.46. The molecule has 0 aliphatic heterocycles. The van der Waals surface area contributed by atoms with Gasteiger partial charge in [-0.05, 0) is 24.1 Å². The molecule has 3 aromatic rings. The van der Waals surface area contributed by atoms with E-state index < -0.39 is 0 Å². The van der Waals surface area contributed by atoms with Gasteiger partial charge in [-0.2, -0.15) is 0 Å². The molecule has 0 radical (unpaired) electrons. The fourth-order valence-electron chi connectivity index (χ4n) is 2.76. The van der Waals surface area contributed by atoms with Crippen molar-refractivity contribution in [3.63, 3.8) is 0 Å². The first-order valence-corrected chi connectivity index (χ1v) is 8.21. The molecular weight excluding hydrogens is 300 g/mol. The van der Waals surface area contributed by atoms with Crippen molar-refractivity contribution in [2.24, 2.45) is 5.73 Å². The van der Waals surface area contributed by atoms with E-state index in [-0.39, 0.29) is 11.9 Å². The van der Waals surface area contributed by atoms with E-state index in [0.717, 1.165) is 29.6 Å². The Morgan fingerprint density at radius 1 is 1.12 bits per heavy atom. The van der Waals surface area contributed by atoms with E-state index in [0.29, 0.717) is 13.0 Å². The molecule has 24 heavy (non-hydrogen) atoms. The summed E-state index contributed by atoms with van der Waals surface area (Å²) in [4.78, 5) is 16.4. The summed E-state index contributed by atoms with van der Waals surface area (Å²) in [5, 5.41) is 2.94. The van der Waals surface area contributed by atoms with E-state index in [2.05, 4.69) is 20.9 Å². The predicted octanol–water partition coefficient (Wildman–Crippen LogP) is 2.63. The molecule has 5 nitrogen and oxygen atoms in total. The second kappa shape index (κ2) is 7.75. The molecule has 0 saturated carbocycles. The van der Waals surface area contributed by atoms with Gasteiger partial charge in [0.15, 0.2) is 0 Å². The minimum Gasteiger partial charge on any atom is -0.356 e. The average Bonchev–Trinajstić information content (AvgIpc) is 3.03. The molecule has 3 rings (SSSR count). The third-order valence-corrected chi connectivity index (χ3v) is 4.06. The Morgan fingerprint density at radius 2 is 1.88 bits per heavy atom. The maximum absolute atomic E-state index is 12.0. The fraction of sp³-hybridized carbons (Fsp3) is 0.263. The number of fused-ring (bicyclic) bond motifs is 1. The minimum atomic E-state index is -0.260. The zero-order valence-electron chi connectivity index (χ0n) is 13.6. The summed E-state index contributed by atoms with van der Waals surface area (Å²) in [7, 11) is 0. The number of aryl methyl sites for hydroxylation is 1. The number of carbonyl (C=O) groups excluding carboxylic acids is 1. The standard InChI is InChI=1S/C19H22N4O/c20-16(15-7-2-1-3-8-15)13-19(24)21-11-6-12-23-14-22-17-9-4-5-10-18(17)23/h1-5,7-10,14,16H,6,11-13,20H2,(H,21,24). The number of imidazole rings is 1. The molecule has 5 heteroatoms. The third-order valence-electron chi connectivity index (χ3n) is 4.06. The Kier molecular flexibility index (Phi) is 5.23. The smallest absolute Gasteiger partial charge is 0.221 e. The maximum Gasteiger partial charge on any atom is 0.221 e. The summed E-state index contributed by atoms with van der Waals surface area (Å²) in [6.07, 6.45) is 3.00. The highest BCUT2D eigenvalue weighted by Crippen LogP contribution is 2.13. The van der Waals surface area contributed by atoms with Crippen LogP contribution in [0.4, 0.5) is 0 Å². The van der Waals surface area contributed by atoms with Gasteiger partial charge in [0.1, 0.15) is 0 Å². The van der Waals surface area contributed by atoms with Crippen molar-refractivity contribution in [1.29, 1.82) is 0 Å². The number of benzene rings is 2. The minimum absolute atomic E-state index is 0.0122. The molecule has 0 saturated heterocycles. The van der Waals surface area contributed by atoms with Gasteiger partial charge in [-0.1, -0.05) is 42.5 Å². The molecule has 124 valence electrons. The number of aromatic nitrogens is 2. The van der Waals surface area contributed by atoms with Gasteiger partial charge in [-0.15, -0.1) is 0 Å². The van der Waals surface area contributed by atoms with Crippen LogP contribution in [-0.2, 0) is 11.3 Å². The lowest BCUT2D eigenvalue weighted by Gasteiger charge is -2.12. The SMILES string of the molecule is NC(CC(=O)NCCCn1cnc2ccccc21)c1ccccc1. The molecule has 0 aliphatic rings. The second-order valence-electron chi connectivity index (χ2n) is 5.85. The molecule has 1 amide bonds. The van der Waals surface area contributed by atoms with Crippen LogP contribution in [0.15, 0.2) is 60.9 Å². The summed E-state index contributed by atoms with van der Waals surface area (Å²) < 4.78 is 2.11. The number of nitrogens with one attached hydrogen (secondary N) is 1. The number of nitrogens with zero attached hydrogens (tertiary/aromatic N) is 2. The maximum atomic E-state index is 12.0. The molecular formula is C19H22N4O. The summed E-state index contributed by atoms with van der Waals surface area (Å²) in [5.41, 5.74) is 9.17. The van der Waals surface area contributed by atoms with E-state index in [9.17, 15) is 4.79 Å². The number of nitrogens with two attached hydrogens (primary N) is 1. The largest absolute Gasteiger partial charge is 0.356 e. The number of amides is 1. The zero-order valence-corrected chi connectivity index (χ0v) is 13.6. The predicted molar refractivity (Wildman–Crippen MR) is 95.3 cm³/mol. The lowest BCUT2D eigenvalue weighted by molar-refractivity contribution is -0.121. The molecule has 0 bridgehead atoms. The van der Waals surface area contributed by atoms with Crippen LogP contribution in [0.25, 0.3) is 11.0 Å². The lowest BCUT2D eigenvalue weighted by Crippen LogP contribution is -2.28. The van der Waals surface area contributed by atoms with Gasteiger partial charge in [0.2, 0.25) is 5.91 Å². The van der Waals surface area contributed by atoms with Gasteiger partial charge in [-0.3, -0.25) is 4.79 Å². The Labute approximate surface area is 141 Å². The molecule has 1 atom stereocenters. The van der Waals surface area contributed by atoms with Gasteiger partial charge in [0, 0.05) is 25.6 Å². The van der Waals surface area contributed by atoms with Crippen LogP contribution in [0.2, 0.25) is 0 Å². The Balaban J connectivity index is 1.42. The van der Waals surface area contributed by atoms with Crippen molar-refractivity contribution < 1.29 is 4.79 Å². The van der Waals surface area contributed by atoms with Gasteiger partial charge < -0.3 is 15.6 Å². The summed E-state index contributed by atoms with van der Waals surface area (Å²) in [6, 6.07) is 17.5. The fourth-order valence-corrected chi connectivity index (χ4v) is 2.76. The van der Waals surface area contributed by atoms with Crippen molar-refractivity contribution in [1.82, 2.24) is 14.9 Å². The highest BCUT2D eigenvalue weighted by molar-refractivity contribution is 5.76. The summed E-state index contributed by atoms with van der Waals surface area (Å²) >= 11 is 0. The first kappa shape index (κ1) is 16.2. The molecule has 0 aliphatic carbocycles. The zero-order chi connectivity index (χ0) is 16.8. The number of rotatable bonds is 7. The third kappa shape index (κ3) is 4.00. The molecule has 1 unspecified atom stereocenters. The van der Waals surface area contributed by atoms with E-state index in [1.807, 2.05) is 54.9 Å². The van der Waals surface area contributed by atoms with Crippen LogP contribution in [0, 0.1) is 0 Å². The van der Waals surface area contributed by atoms with E-state index in [1.54, 1.807) is 0 Å². The molecule has 3 N–H and O–H groups in total. The Hall–Kier alpha value is -2.66. The quantitative estimate of drug-likeness (QED) is 0.657. The highest BCUT2D eigenvalue weighted by atomic mass is 16.1. The van der Waals surface area contributed by atoms with Crippen LogP contribution < -0.4 is 11.1 Å². The molecule has 0 fully saturated rings. The van der Waals surface area contributed by atoms with Crippen molar-refractivity contribution >= 4 is 16.9 Å². The van der Waals surface area contributed by atoms with Crippen LogP contribution >= 0.6 is 0 Å². The molecule has 2 aromatic carbocycles. The molecule has 1 aromatic heterocycles. The van der Waals surface area contributed by atoms with E-state index in [1.165, 1.54) is 0 Å². The lowest BCUT2D eigenvalue weighted by atomic mass is 10.0. The monoisotopic (exact) mass is 322 g/mol. The summed E-state index contributed by atoms with van der Waals surface area (Å²) in [5.74, 6) is -0.0122. The van der Waals surface area contributed by atoms with Crippen molar-refractivity contribution in [3.05, 3.63) is 66.5 Å². The van der Waals surface area contributed by atoms with Crippen LogP contribution in [0.3, 0.4) is 0 Å². The molecule has 1 heterocycles. The van der Waals surface area contributed by atoms with Crippen molar-refractivity contribution in [2.45, 2.75) is 25.4 Å². The van der Waals surface area contributed by atoms with E-state index in [4.69, 9.17) is 5.73 Å². The highest BCUT2D eigenvalue weighted by Gasteiger charge is 2.10. The number of para-hydroxylation sites is 2. The number of hydrogen-bond acceptors (Lipinski definition) is 3. The van der Waals surface area contributed by atoms with Crippen LogP contribution in [-0.4, -0.2) is 22.0 Å². The van der Waals surface area contributed by atoms with Crippen LogP contribution in [0.5, 0.6) is 0 Å². The second-order valence-corrected chi connectivity index (χ2v) is 5.85. The first-order valence-electron chi connectivity index (χ1n) is 8.21. The molecule has 0 spiro atoms. The van der Waals surface area contributed by atoms with Crippen molar-refractivity contribution in [2.75, 3.05) is 6.54 Å². The number of carbonyl (C=O) groups is 1. The first-order chi connectivity index (χ1) is 11.7. The van der Waals surface area contributed by atoms with Crippen molar-refractivity contribution in [3.8, 4) is 0 Å². The normalized spacial score (nSPS) is 12.2. The van der Waals surface area contributed by atoms with Crippen LogP contribution in [0.1, 0.15) is 24.4 Å². The topological polar surface area (TPSA) is 72.9 Å². The Morgan fingerprint density at radius 3 is 2.71 bits per heavy atom. The van der Waals surface area contributed by atoms with Gasteiger partial charge in [0.25, 0.3) is 0 Å². The van der Waals surface area contributed by atoms with Gasteiger partial charge >= 0.3 is 0 Å². The average molecular weight is 322 g/mol. The Bertz CT molecular complexity index is 797. The van der Waals surface area contributed by atoms with E-state index >= 15 is 0 Å².